The predicted molar refractivity (Wildman–Crippen MR) is 148 cm³/mol. The number of benzene rings is 3. The van der Waals surface area contributed by atoms with E-state index in [-0.39, 0.29) is 12.5 Å². The standard InChI is InChI=1S/C27H27BrN4O6/c1-16-7-5-8-17(2)24(16)31-23(33)15-38-25-21(28)11-18(12-22(25)37-4)14-29-32-27(35)26(34)30-19-9-6-10-20(13-19)36-3/h5-14H,15H2,1-4H3,(H,30,34)(H,31,33)(H,32,35). The van der Waals surface area contributed by atoms with Crippen molar-refractivity contribution < 1.29 is 28.6 Å². The Labute approximate surface area is 228 Å². The van der Waals surface area contributed by atoms with E-state index in [1.54, 1.807) is 36.4 Å². The molecule has 0 bridgehead atoms. The average Bonchev–Trinajstić information content (AvgIpc) is 2.89. The lowest BCUT2D eigenvalue weighted by Crippen LogP contribution is -2.32. The SMILES string of the molecule is COc1cccc(NC(=O)C(=O)NN=Cc2cc(Br)c(OCC(=O)Nc3c(C)cccc3C)c(OC)c2)c1. The molecule has 0 aliphatic carbocycles. The number of nitrogens with zero attached hydrogens (tertiary/aromatic N) is 1. The molecule has 0 aliphatic rings. The topological polar surface area (TPSA) is 127 Å². The number of anilines is 2. The first-order valence-electron chi connectivity index (χ1n) is 11.4. The van der Waals surface area contributed by atoms with Gasteiger partial charge in [0.05, 0.1) is 24.9 Å². The Morgan fingerprint density at radius 3 is 2.32 bits per heavy atom. The number of methoxy groups -OCH3 is 2. The third kappa shape index (κ3) is 7.56. The molecule has 0 aromatic heterocycles. The van der Waals surface area contributed by atoms with Crippen LogP contribution in [0.15, 0.2) is 64.2 Å². The molecule has 38 heavy (non-hydrogen) atoms. The molecule has 3 aromatic rings. The van der Waals surface area contributed by atoms with Crippen molar-refractivity contribution >= 4 is 51.2 Å². The Bertz CT molecular complexity index is 1360. The summed E-state index contributed by atoms with van der Waals surface area (Å²) in [5.74, 6) is -0.972. The van der Waals surface area contributed by atoms with Gasteiger partial charge in [-0.1, -0.05) is 24.3 Å². The van der Waals surface area contributed by atoms with Crippen molar-refractivity contribution in [2.24, 2.45) is 5.10 Å². The van der Waals surface area contributed by atoms with Crippen molar-refractivity contribution in [3.05, 3.63) is 75.8 Å². The molecular weight excluding hydrogens is 556 g/mol. The molecule has 0 atom stereocenters. The molecule has 11 heteroatoms. The minimum atomic E-state index is -0.954. The number of nitrogens with one attached hydrogen (secondary N) is 3. The summed E-state index contributed by atoms with van der Waals surface area (Å²) in [5.41, 5.74) is 5.76. The Kier molecular flexibility index (Phi) is 9.83. The van der Waals surface area contributed by atoms with E-state index >= 15 is 0 Å². The van der Waals surface area contributed by atoms with E-state index in [0.29, 0.717) is 33.0 Å². The molecule has 0 aliphatic heterocycles. The van der Waals surface area contributed by atoms with E-state index in [1.807, 2.05) is 32.0 Å². The van der Waals surface area contributed by atoms with Crippen molar-refractivity contribution in [2.45, 2.75) is 13.8 Å². The highest BCUT2D eigenvalue weighted by atomic mass is 79.9. The maximum Gasteiger partial charge on any atom is 0.329 e. The van der Waals surface area contributed by atoms with Crippen LogP contribution in [0.2, 0.25) is 0 Å². The number of rotatable bonds is 9. The normalized spacial score (nSPS) is 10.6. The van der Waals surface area contributed by atoms with E-state index in [4.69, 9.17) is 14.2 Å². The smallest absolute Gasteiger partial charge is 0.329 e. The van der Waals surface area contributed by atoms with Gasteiger partial charge >= 0.3 is 11.8 Å². The molecule has 10 nitrogen and oxygen atoms in total. The lowest BCUT2D eigenvalue weighted by Gasteiger charge is -2.15. The average molecular weight is 583 g/mol. The van der Waals surface area contributed by atoms with Crippen LogP contribution in [0.25, 0.3) is 0 Å². The van der Waals surface area contributed by atoms with Crippen LogP contribution in [-0.4, -0.2) is 44.8 Å². The maximum absolute atomic E-state index is 12.5. The summed E-state index contributed by atoms with van der Waals surface area (Å²) in [6, 6.07) is 15.6. The number of aryl methyl sites for hydroxylation is 2. The van der Waals surface area contributed by atoms with Crippen LogP contribution >= 0.6 is 15.9 Å². The lowest BCUT2D eigenvalue weighted by molar-refractivity contribution is -0.136. The largest absolute Gasteiger partial charge is 0.497 e. The van der Waals surface area contributed by atoms with Gasteiger partial charge < -0.3 is 24.8 Å². The van der Waals surface area contributed by atoms with Crippen LogP contribution in [0.3, 0.4) is 0 Å². The first-order valence-corrected chi connectivity index (χ1v) is 12.2. The molecule has 3 rings (SSSR count). The monoisotopic (exact) mass is 582 g/mol. The molecule has 0 radical (unpaired) electrons. The summed E-state index contributed by atoms with van der Waals surface area (Å²) in [4.78, 5) is 36.7. The zero-order valence-corrected chi connectivity index (χ0v) is 22.8. The molecule has 0 unspecified atom stereocenters. The van der Waals surface area contributed by atoms with Gasteiger partial charge in [0.1, 0.15) is 5.75 Å². The fourth-order valence-corrected chi connectivity index (χ4v) is 3.96. The number of hydrazone groups is 1. The molecular formula is C27H27BrN4O6. The second kappa shape index (κ2) is 13.2. The van der Waals surface area contributed by atoms with E-state index in [1.165, 1.54) is 20.4 Å². The van der Waals surface area contributed by atoms with Crippen LogP contribution in [0.1, 0.15) is 16.7 Å². The van der Waals surface area contributed by atoms with Crippen LogP contribution in [0.5, 0.6) is 17.2 Å². The number of halogens is 1. The van der Waals surface area contributed by atoms with Gasteiger partial charge in [-0.2, -0.15) is 5.10 Å². The van der Waals surface area contributed by atoms with Gasteiger partial charge in [-0.3, -0.25) is 14.4 Å². The van der Waals surface area contributed by atoms with Crippen LogP contribution in [0, 0.1) is 13.8 Å². The van der Waals surface area contributed by atoms with E-state index in [2.05, 4.69) is 37.1 Å². The quantitative estimate of drug-likeness (QED) is 0.197. The molecule has 198 valence electrons. The van der Waals surface area contributed by atoms with Crippen LogP contribution in [0.4, 0.5) is 11.4 Å². The first-order chi connectivity index (χ1) is 18.2. The summed E-state index contributed by atoms with van der Waals surface area (Å²) in [6.45, 7) is 3.59. The molecule has 0 heterocycles. The highest BCUT2D eigenvalue weighted by molar-refractivity contribution is 9.10. The Hall–Kier alpha value is -4.38. The van der Waals surface area contributed by atoms with Crippen LogP contribution in [-0.2, 0) is 14.4 Å². The van der Waals surface area contributed by atoms with Crippen molar-refractivity contribution in [1.29, 1.82) is 0 Å². The molecule has 0 saturated heterocycles. The van der Waals surface area contributed by atoms with E-state index in [0.717, 1.165) is 16.8 Å². The Balaban J connectivity index is 1.59. The van der Waals surface area contributed by atoms with Crippen molar-refractivity contribution in [1.82, 2.24) is 5.43 Å². The van der Waals surface area contributed by atoms with Gasteiger partial charge in [-0.25, -0.2) is 5.43 Å². The van der Waals surface area contributed by atoms with Gasteiger partial charge in [-0.05, 0) is 70.7 Å². The highest BCUT2D eigenvalue weighted by Crippen LogP contribution is 2.36. The van der Waals surface area contributed by atoms with Crippen molar-refractivity contribution in [3.8, 4) is 17.2 Å². The lowest BCUT2D eigenvalue weighted by atomic mass is 10.1. The van der Waals surface area contributed by atoms with Gasteiger partial charge in [0.15, 0.2) is 18.1 Å². The van der Waals surface area contributed by atoms with Crippen LogP contribution < -0.4 is 30.3 Å². The number of hydrogen-bond donors (Lipinski definition) is 3. The summed E-state index contributed by atoms with van der Waals surface area (Å²) in [6.07, 6.45) is 1.33. The van der Waals surface area contributed by atoms with Crippen molar-refractivity contribution in [2.75, 3.05) is 31.5 Å². The van der Waals surface area contributed by atoms with Gasteiger partial charge in [0.2, 0.25) is 0 Å². The van der Waals surface area contributed by atoms with Crippen molar-refractivity contribution in [3.63, 3.8) is 0 Å². The number of hydrogen-bond acceptors (Lipinski definition) is 7. The highest BCUT2D eigenvalue weighted by Gasteiger charge is 2.16. The summed E-state index contributed by atoms with van der Waals surface area (Å²) in [5, 5.41) is 9.16. The number of carbonyl (C=O) groups excluding carboxylic acids is 3. The molecule has 0 fully saturated rings. The minimum absolute atomic E-state index is 0.241. The second-order valence-electron chi connectivity index (χ2n) is 8.02. The maximum atomic E-state index is 12.5. The molecule has 3 amide bonds. The number of ether oxygens (including phenoxy) is 3. The van der Waals surface area contributed by atoms with Gasteiger partial charge in [0.25, 0.3) is 5.91 Å². The third-order valence-corrected chi connectivity index (χ3v) is 5.85. The fraction of sp³-hybridized carbons (Fsp3) is 0.185. The zero-order valence-electron chi connectivity index (χ0n) is 21.3. The Morgan fingerprint density at radius 1 is 0.921 bits per heavy atom. The molecule has 0 saturated carbocycles. The predicted octanol–water partition coefficient (Wildman–Crippen LogP) is 4.19. The van der Waals surface area contributed by atoms with E-state index < -0.39 is 11.8 Å². The summed E-state index contributed by atoms with van der Waals surface area (Å²) in [7, 11) is 2.95. The first kappa shape index (κ1) is 28.2. The zero-order chi connectivity index (χ0) is 27.7. The number of amides is 3. The number of carbonyl (C=O) groups is 3. The second-order valence-corrected chi connectivity index (χ2v) is 8.88. The molecule has 3 aromatic carbocycles. The number of para-hydroxylation sites is 1. The molecule has 0 spiro atoms. The molecule has 3 N–H and O–H groups in total. The summed E-state index contributed by atoms with van der Waals surface area (Å²) >= 11 is 3.41. The Morgan fingerprint density at radius 2 is 1.63 bits per heavy atom. The van der Waals surface area contributed by atoms with Gasteiger partial charge in [0, 0.05) is 17.4 Å². The fourth-order valence-electron chi connectivity index (χ4n) is 3.38. The third-order valence-electron chi connectivity index (χ3n) is 5.26. The summed E-state index contributed by atoms with van der Waals surface area (Å²) < 4.78 is 16.7. The van der Waals surface area contributed by atoms with Gasteiger partial charge in [-0.15, -0.1) is 0 Å². The van der Waals surface area contributed by atoms with E-state index in [9.17, 15) is 14.4 Å². The minimum Gasteiger partial charge on any atom is -0.497 e.